The number of benzene rings is 1. The number of thiophene rings is 1. The number of anilines is 1. The van der Waals surface area contributed by atoms with Crippen molar-refractivity contribution in [3.05, 3.63) is 50.2 Å². The molecule has 5 heteroatoms. The average Bonchev–Trinajstić information content (AvgIpc) is 2.87. The molecule has 0 aliphatic heterocycles. The van der Waals surface area contributed by atoms with E-state index >= 15 is 0 Å². The number of hydrogen-bond donors (Lipinski definition) is 1. The molecule has 0 fully saturated rings. The van der Waals surface area contributed by atoms with Gasteiger partial charge in [-0.05, 0) is 43.0 Å². The van der Waals surface area contributed by atoms with Crippen LogP contribution in [0.1, 0.15) is 28.5 Å². The molecule has 0 bridgehead atoms. The molecular weight excluding hydrogens is 288 g/mol. The summed E-state index contributed by atoms with van der Waals surface area (Å²) in [5.74, 6) is -0.820. The Hall–Kier alpha value is -1.13. The van der Waals surface area contributed by atoms with Gasteiger partial charge in [-0.2, -0.15) is 0 Å². The maximum atomic E-state index is 13.8. The Labute approximate surface area is 119 Å². The molecule has 1 aromatic carbocycles. The highest BCUT2D eigenvalue weighted by Crippen LogP contribution is 2.41. The van der Waals surface area contributed by atoms with Crippen LogP contribution < -0.4 is 5.32 Å². The fourth-order valence-electron chi connectivity index (χ4n) is 2.42. The standard InChI is InChI=1S/C14H12ClF2NS/c1-7-4-10(17)12(6-9(7)16)18-11-2-3-13-8(11)5-14(15)19-13/h4-6,11,18H,2-3H2,1H3. The zero-order valence-electron chi connectivity index (χ0n) is 10.3. The van der Waals surface area contributed by atoms with E-state index in [1.807, 2.05) is 6.07 Å². The minimum absolute atomic E-state index is 0.00959. The van der Waals surface area contributed by atoms with E-state index in [2.05, 4.69) is 5.32 Å². The quantitative estimate of drug-likeness (QED) is 0.814. The molecule has 1 nitrogen and oxygen atoms in total. The molecular formula is C14H12ClF2NS. The van der Waals surface area contributed by atoms with Gasteiger partial charge in [0.2, 0.25) is 0 Å². The van der Waals surface area contributed by atoms with Crippen LogP contribution in [0.2, 0.25) is 4.34 Å². The highest BCUT2D eigenvalue weighted by atomic mass is 35.5. The summed E-state index contributed by atoms with van der Waals surface area (Å²) in [5, 5.41) is 3.08. The van der Waals surface area contributed by atoms with E-state index in [0.29, 0.717) is 5.56 Å². The van der Waals surface area contributed by atoms with Crippen LogP contribution >= 0.6 is 22.9 Å². The summed E-state index contributed by atoms with van der Waals surface area (Å²) in [5.41, 5.74) is 1.63. The average molecular weight is 300 g/mol. The van der Waals surface area contributed by atoms with E-state index in [9.17, 15) is 8.78 Å². The van der Waals surface area contributed by atoms with Gasteiger partial charge in [-0.15, -0.1) is 11.3 Å². The molecule has 1 aromatic heterocycles. The third-order valence-corrected chi connectivity index (χ3v) is 4.76. The van der Waals surface area contributed by atoms with Crippen LogP contribution in [-0.2, 0) is 6.42 Å². The molecule has 1 heterocycles. The van der Waals surface area contributed by atoms with Gasteiger partial charge in [-0.25, -0.2) is 8.78 Å². The maximum Gasteiger partial charge on any atom is 0.146 e. The van der Waals surface area contributed by atoms with Crippen LogP contribution in [0, 0.1) is 18.6 Å². The topological polar surface area (TPSA) is 12.0 Å². The van der Waals surface area contributed by atoms with E-state index in [0.717, 1.165) is 22.7 Å². The van der Waals surface area contributed by atoms with Gasteiger partial charge in [0, 0.05) is 10.9 Å². The summed E-state index contributed by atoms with van der Waals surface area (Å²) in [6.45, 7) is 1.55. The lowest BCUT2D eigenvalue weighted by molar-refractivity contribution is 0.591. The molecule has 100 valence electrons. The van der Waals surface area contributed by atoms with Crippen LogP contribution in [0.3, 0.4) is 0 Å². The fourth-order valence-corrected chi connectivity index (χ4v) is 3.78. The molecule has 1 unspecified atom stereocenters. The summed E-state index contributed by atoms with van der Waals surface area (Å²) in [4.78, 5) is 1.23. The molecule has 3 rings (SSSR count). The molecule has 1 N–H and O–H groups in total. The van der Waals surface area contributed by atoms with Crippen LogP contribution in [0.4, 0.5) is 14.5 Å². The number of nitrogens with one attached hydrogen (secondary N) is 1. The second-order valence-corrected chi connectivity index (χ2v) is 6.51. The Morgan fingerprint density at radius 3 is 2.84 bits per heavy atom. The zero-order valence-corrected chi connectivity index (χ0v) is 11.8. The number of rotatable bonds is 2. The van der Waals surface area contributed by atoms with Crippen LogP contribution in [0.5, 0.6) is 0 Å². The normalized spacial score (nSPS) is 17.6. The first-order valence-electron chi connectivity index (χ1n) is 6.05. The van der Waals surface area contributed by atoms with Crippen molar-refractivity contribution in [2.45, 2.75) is 25.8 Å². The van der Waals surface area contributed by atoms with E-state index < -0.39 is 11.6 Å². The molecule has 0 amide bonds. The molecule has 0 saturated carbocycles. The predicted octanol–water partition coefficient (Wildman–Crippen LogP) is 5.09. The summed E-state index contributed by atoms with van der Waals surface area (Å²) >= 11 is 7.54. The van der Waals surface area contributed by atoms with E-state index in [-0.39, 0.29) is 11.7 Å². The van der Waals surface area contributed by atoms with Crippen LogP contribution in [-0.4, -0.2) is 0 Å². The van der Waals surface area contributed by atoms with Crippen molar-refractivity contribution in [3.8, 4) is 0 Å². The van der Waals surface area contributed by atoms with Crippen molar-refractivity contribution in [1.82, 2.24) is 0 Å². The molecule has 2 aromatic rings. The molecule has 19 heavy (non-hydrogen) atoms. The summed E-state index contributed by atoms with van der Waals surface area (Å²) < 4.78 is 28.1. The molecule has 0 spiro atoms. The Morgan fingerprint density at radius 1 is 1.26 bits per heavy atom. The van der Waals surface area contributed by atoms with Gasteiger partial charge in [-0.3, -0.25) is 0 Å². The van der Waals surface area contributed by atoms with Gasteiger partial charge in [0.05, 0.1) is 16.1 Å². The number of halogens is 3. The summed E-state index contributed by atoms with van der Waals surface area (Å²) in [7, 11) is 0. The minimum Gasteiger partial charge on any atom is -0.376 e. The zero-order chi connectivity index (χ0) is 13.6. The van der Waals surface area contributed by atoms with Crippen molar-refractivity contribution < 1.29 is 8.78 Å². The fraction of sp³-hybridized carbons (Fsp3) is 0.286. The number of hydrogen-bond acceptors (Lipinski definition) is 2. The first-order chi connectivity index (χ1) is 9.04. The van der Waals surface area contributed by atoms with E-state index in [4.69, 9.17) is 11.6 Å². The second-order valence-electron chi connectivity index (χ2n) is 4.75. The molecule has 0 saturated heterocycles. The van der Waals surface area contributed by atoms with Crippen LogP contribution in [0.25, 0.3) is 0 Å². The first-order valence-corrected chi connectivity index (χ1v) is 7.24. The lowest BCUT2D eigenvalue weighted by Crippen LogP contribution is -2.08. The van der Waals surface area contributed by atoms with Crippen molar-refractivity contribution in [2.24, 2.45) is 0 Å². The van der Waals surface area contributed by atoms with Crippen molar-refractivity contribution in [1.29, 1.82) is 0 Å². The molecule has 0 radical (unpaired) electrons. The van der Waals surface area contributed by atoms with Gasteiger partial charge in [0.25, 0.3) is 0 Å². The Kier molecular flexibility index (Phi) is 3.23. The Morgan fingerprint density at radius 2 is 2.05 bits per heavy atom. The first kappa shape index (κ1) is 12.9. The molecule has 1 atom stereocenters. The monoisotopic (exact) mass is 299 g/mol. The third kappa shape index (κ3) is 2.35. The SMILES string of the molecule is Cc1cc(F)c(NC2CCc3sc(Cl)cc32)cc1F. The Balaban J connectivity index is 1.89. The lowest BCUT2D eigenvalue weighted by atomic mass is 10.1. The highest BCUT2D eigenvalue weighted by molar-refractivity contribution is 7.16. The lowest BCUT2D eigenvalue weighted by Gasteiger charge is -2.15. The smallest absolute Gasteiger partial charge is 0.146 e. The van der Waals surface area contributed by atoms with Gasteiger partial charge in [0.15, 0.2) is 0 Å². The van der Waals surface area contributed by atoms with Gasteiger partial charge >= 0.3 is 0 Å². The van der Waals surface area contributed by atoms with Gasteiger partial charge < -0.3 is 5.32 Å². The maximum absolute atomic E-state index is 13.8. The summed E-state index contributed by atoms with van der Waals surface area (Å²) in [6, 6.07) is 4.36. The van der Waals surface area contributed by atoms with E-state index in [1.165, 1.54) is 17.0 Å². The van der Waals surface area contributed by atoms with Gasteiger partial charge in [0.1, 0.15) is 11.6 Å². The summed E-state index contributed by atoms with van der Waals surface area (Å²) in [6.07, 6.45) is 1.81. The van der Waals surface area contributed by atoms with Crippen molar-refractivity contribution in [2.75, 3.05) is 5.32 Å². The van der Waals surface area contributed by atoms with Crippen LogP contribution in [0.15, 0.2) is 18.2 Å². The third-order valence-electron chi connectivity index (χ3n) is 3.43. The largest absolute Gasteiger partial charge is 0.376 e. The van der Waals surface area contributed by atoms with Crippen molar-refractivity contribution >= 4 is 28.6 Å². The predicted molar refractivity (Wildman–Crippen MR) is 75.1 cm³/mol. The minimum atomic E-state index is -0.423. The number of fused-ring (bicyclic) bond motifs is 1. The molecule has 1 aliphatic rings. The van der Waals surface area contributed by atoms with Crippen molar-refractivity contribution in [3.63, 3.8) is 0 Å². The number of aryl methyl sites for hydroxylation is 2. The Bertz CT molecular complexity index is 639. The molecule has 1 aliphatic carbocycles. The highest BCUT2D eigenvalue weighted by Gasteiger charge is 2.25. The van der Waals surface area contributed by atoms with Gasteiger partial charge in [-0.1, -0.05) is 11.6 Å². The second kappa shape index (κ2) is 4.76. The van der Waals surface area contributed by atoms with E-state index in [1.54, 1.807) is 18.3 Å².